The standard InChI is InChI=1S/C15H15NO5/c1-20-15-7-6-13(8-14(15)16(18)19)21-10-12-4-2-11(9-17)3-5-12/h2-8,17H,9-10H2,1H3. The van der Waals surface area contributed by atoms with Gasteiger partial charge in [-0.25, -0.2) is 0 Å². The second-order valence-corrected chi connectivity index (χ2v) is 4.35. The molecule has 0 aliphatic rings. The highest BCUT2D eigenvalue weighted by Gasteiger charge is 2.15. The Bertz CT molecular complexity index is 624. The van der Waals surface area contributed by atoms with Gasteiger partial charge in [0.2, 0.25) is 0 Å². The monoisotopic (exact) mass is 289 g/mol. The van der Waals surface area contributed by atoms with Crippen LogP contribution in [0.3, 0.4) is 0 Å². The van der Waals surface area contributed by atoms with E-state index < -0.39 is 4.92 Å². The van der Waals surface area contributed by atoms with Gasteiger partial charge in [-0.3, -0.25) is 10.1 Å². The molecule has 6 heteroatoms. The number of nitro benzene ring substituents is 1. The molecule has 0 saturated carbocycles. The van der Waals surface area contributed by atoms with Gasteiger partial charge in [0.15, 0.2) is 5.75 Å². The van der Waals surface area contributed by atoms with E-state index in [1.165, 1.54) is 19.2 Å². The number of aliphatic hydroxyl groups excluding tert-OH is 1. The molecular formula is C15H15NO5. The molecule has 0 aliphatic carbocycles. The largest absolute Gasteiger partial charge is 0.490 e. The molecule has 2 rings (SSSR count). The van der Waals surface area contributed by atoms with Crippen LogP contribution < -0.4 is 9.47 Å². The van der Waals surface area contributed by atoms with Crippen LogP contribution in [0.5, 0.6) is 11.5 Å². The second-order valence-electron chi connectivity index (χ2n) is 4.35. The summed E-state index contributed by atoms with van der Waals surface area (Å²) < 4.78 is 10.5. The number of aliphatic hydroxyl groups is 1. The fourth-order valence-corrected chi connectivity index (χ4v) is 1.81. The summed E-state index contributed by atoms with van der Waals surface area (Å²) in [5.41, 5.74) is 1.59. The van der Waals surface area contributed by atoms with Crippen molar-refractivity contribution in [2.75, 3.05) is 7.11 Å². The molecule has 0 heterocycles. The zero-order valence-electron chi connectivity index (χ0n) is 11.5. The lowest BCUT2D eigenvalue weighted by Crippen LogP contribution is -1.98. The van der Waals surface area contributed by atoms with Crippen LogP contribution in [-0.2, 0) is 13.2 Å². The number of benzene rings is 2. The molecule has 2 aromatic rings. The SMILES string of the molecule is COc1ccc(OCc2ccc(CO)cc2)cc1[N+](=O)[O-]. The normalized spacial score (nSPS) is 10.2. The Labute approximate surface area is 121 Å². The van der Waals surface area contributed by atoms with Crippen LogP contribution in [0.2, 0.25) is 0 Å². The van der Waals surface area contributed by atoms with Gasteiger partial charge in [-0.2, -0.15) is 0 Å². The number of ether oxygens (including phenoxy) is 2. The molecule has 0 aromatic heterocycles. The van der Waals surface area contributed by atoms with Crippen molar-refractivity contribution in [3.05, 3.63) is 63.7 Å². The third kappa shape index (κ3) is 3.70. The van der Waals surface area contributed by atoms with E-state index in [2.05, 4.69) is 0 Å². The van der Waals surface area contributed by atoms with Crippen molar-refractivity contribution in [3.8, 4) is 11.5 Å². The van der Waals surface area contributed by atoms with Crippen molar-refractivity contribution in [3.63, 3.8) is 0 Å². The molecule has 2 aromatic carbocycles. The van der Waals surface area contributed by atoms with Crippen LogP contribution in [-0.4, -0.2) is 17.1 Å². The van der Waals surface area contributed by atoms with E-state index in [0.717, 1.165) is 11.1 Å². The Balaban J connectivity index is 2.08. The van der Waals surface area contributed by atoms with Gasteiger partial charge in [0.25, 0.3) is 0 Å². The molecule has 1 N–H and O–H groups in total. The maximum Gasteiger partial charge on any atom is 0.314 e. The van der Waals surface area contributed by atoms with Gasteiger partial charge in [0.1, 0.15) is 12.4 Å². The van der Waals surface area contributed by atoms with Crippen molar-refractivity contribution in [1.82, 2.24) is 0 Å². The van der Waals surface area contributed by atoms with Crippen LogP contribution in [0.4, 0.5) is 5.69 Å². The number of hydrogen-bond donors (Lipinski definition) is 1. The van der Waals surface area contributed by atoms with Crippen LogP contribution in [0.15, 0.2) is 42.5 Å². The van der Waals surface area contributed by atoms with Gasteiger partial charge in [0.05, 0.1) is 24.7 Å². The van der Waals surface area contributed by atoms with Gasteiger partial charge < -0.3 is 14.6 Å². The van der Waals surface area contributed by atoms with Crippen LogP contribution in [0, 0.1) is 10.1 Å². The topological polar surface area (TPSA) is 81.8 Å². The Hall–Kier alpha value is -2.60. The maximum absolute atomic E-state index is 10.9. The summed E-state index contributed by atoms with van der Waals surface area (Å²) in [6, 6.07) is 11.7. The van der Waals surface area contributed by atoms with Gasteiger partial charge in [-0.05, 0) is 23.3 Å². The van der Waals surface area contributed by atoms with Crippen LogP contribution in [0.1, 0.15) is 11.1 Å². The lowest BCUT2D eigenvalue weighted by Gasteiger charge is -2.08. The zero-order valence-corrected chi connectivity index (χ0v) is 11.5. The van der Waals surface area contributed by atoms with E-state index in [9.17, 15) is 10.1 Å². The molecule has 0 unspecified atom stereocenters. The molecule has 0 saturated heterocycles. The molecule has 0 amide bonds. The second kappa shape index (κ2) is 6.71. The number of nitro groups is 1. The van der Waals surface area contributed by atoms with Crippen LogP contribution >= 0.6 is 0 Å². The van der Waals surface area contributed by atoms with Crippen molar-refractivity contribution >= 4 is 5.69 Å². The maximum atomic E-state index is 10.9. The van der Waals surface area contributed by atoms with Crippen molar-refractivity contribution in [2.24, 2.45) is 0 Å². The fraction of sp³-hybridized carbons (Fsp3) is 0.200. The zero-order chi connectivity index (χ0) is 15.2. The lowest BCUT2D eigenvalue weighted by atomic mass is 10.1. The molecule has 110 valence electrons. The summed E-state index contributed by atoms with van der Waals surface area (Å²) in [6.07, 6.45) is 0. The average molecular weight is 289 g/mol. The molecule has 0 radical (unpaired) electrons. The Morgan fingerprint density at radius 2 is 1.81 bits per heavy atom. The molecule has 0 fully saturated rings. The number of rotatable bonds is 6. The van der Waals surface area contributed by atoms with E-state index in [0.29, 0.717) is 5.75 Å². The highest BCUT2D eigenvalue weighted by Crippen LogP contribution is 2.31. The minimum atomic E-state index is -0.512. The predicted octanol–water partition coefficient (Wildman–Crippen LogP) is 2.67. The smallest absolute Gasteiger partial charge is 0.314 e. The molecule has 0 aliphatic heterocycles. The molecule has 0 spiro atoms. The summed E-state index contributed by atoms with van der Waals surface area (Å²) in [5, 5.41) is 19.9. The first kappa shape index (κ1) is 14.8. The minimum Gasteiger partial charge on any atom is -0.490 e. The summed E-state index contributed by atoms with van der Waals surface area (Å²) in [7, 11) is 1.38. The molecule has 0 bridgehead atoms. The fourth-order valence-electron chi connectivity index (χ4n) is 1.81. The van der Waals surface area contributed by atoms with E-state index in [1.807, 2.05) is 12.1 Å². The van der Waals surface area contributed by atoms with Crippen molar-refractivity contribution < 1.29 is 19.5 Å². The van der Waals surface area contributed by atoms with Crippen LogP contribution in [0.25, 0.3) is 0 Å². The van der Waals surface area contributed by atoms with Crippen molar-refractivity contribution in [2.45, 2.75) is 13.2 Å². The third-order valence-electron chi connectivity index (χ3n) is 2.96. The summed E-state index contributed by atoms with van der Waals surface area (Å²) in [5.74, 6) is 0.591. The van der Waals surface area contributed by atoms with E-state index in [-0.39, 0.29) is 24.7 Å². The molecule has 6 nitrogen and oxygen atoms in total. The molecule has 21 heavy (non-hydrogen) atoms. The quantitative estimate of drug-likeness (QED) is 0.653. The van der Waals surface area contributed by atoms with Gasteiger partial charge in [0, 0.05) is 0 Å². The van der Waals surface area contributed by atoms with E-state index in [4.69, 9.17) is 14.6 Å². The predicted molar refractivity (Wildman–Crippen MR) is 76.3 cm³/mol. The first-order chi connectivity index (χ1) is 10.1. The van der Waals surface area contributed by atoms with E-state index >= 15 is 0 Å². The van der Waals surface area contributed by atoms with Crippen molar-refractivity contribution in [1.29, 1.82) is 0 Å². The average Bonchev–Trinajstić information content (AvgIpc) is 2.53. The minimum absolute atomic E-state index is 0.00812. The Kier molecular flexibility index (Phi) is 4.73. The molecule has 0 atom stereocenters. The summed E-state index contributed by atoms with van der Waals surface area (Å²) >= 11 is 0. The number of nitrogens with zero attached hydrogens (tertiary/aromatic N) is 1. The lowest BCUT2D eigenvalue weighted by molar-refractivity contribution is -0.385. The van der Waals surface area contributed by atoms with Gasteiger partial charge >= 0.3 is 5.69 Å². The highest BCUT2D eigenvalue weighted by molar-refractivity contribution is 5.50. The van der Waals surface area contributed by atoms with E-state index in [1.54, 1.807) is 18.2 Å². The number of methoxy groups -OCH3 is 1. The first-order valence-corrected chi connectivity index (χ1v) is 6.28. The van der Waals surface area contributed by atoms with Gasteiger partial charge in [-0.15, -0.1) is 0 Å². The third-order valence-corrected chi connectivity index (χ3v) is 2.96. The summed E-state index contributed by atoms with van der Waals surface area (Å²) in [4.78, 5) is 10.4. The Morgan fingerprint density at radius 1 is 1.14 bits per heavy atom. The Morgan fingerprint density at radius 3 is 2.38 bits per heavy atom. The first-order valence-electron chi connectivity index (χ1n) is 6.28. The van der Waals surface area contributed by atoms with Gasteiger partial charge in [-0.1, -0.05) is 24.3 Å². The summed E-state index contributed by atoms with van der Waals surface area (Å²) in [6.45, 7) is 0.279. The number of hydrogen-bond acceptors (Lipinski definition) is 5. The highest BCUT2D eigenvalue weighted by atomic mass is 16.6. The molecular weight excluding hydrogens is 274 g/mol.